The summed E-state index contributed by atoms with van der Waals surface area (Å²) in [5.74, 6) is -0.926. The van der Waals surface area contributed by atoms with Crippen molar-refractivity contribution < 1.29 is 14.7 Å². The molecule has 1 aliphatic carbocycles. The normalized spacial score (nSPS) is 25.8. The van der Waals surface area contributed by atoms with Crippen LogP contribution >= 0.6 is 11.6 Å². The number of carboxylic acid groups (broad SMARTS) is 1. The molecule has 182 valence electrons. The molecule has 2 heterocycles. The van der Waals surface area contributed by atoms with Crippen LogP contribution in [-0.2, 0) is 9.59 Å². The lowest BCUT2D eigenvalue weighted by atomic mass is 9.72. The van der Waals surface area contributed by atoms with Crippen LogP contribution in [0.2, 0.25) is 5.02 Å². The second-order valence-electron chi connectivity index (χ2n) is 10.6. The Morgan fingerprint density at radius 2 is 1.76 bits per heavy atom. The number of carboxylic acids is 1. The van der Waals surface area contributed by atoms with Gasteiger partial charge in [-0.3, -0.25) is 4.79 Å². The average Bonchev–Trinajstić information content (AvgIpc) is 3.15. The summed E-state index contributed by atoms with van der Waals surface area (Å²) in [5, 5.41) is 14.6. The molecule has 34 heavy (non-hydrogen) atoms. The van der Waals surface area contributed by atoms with E-state index in [2.05, 4.69) is 10.3 Å². The van der Waals surface area contributed by atoms with Crippen molar-refractivity contribution in [3.05, 3.63) is 59.2 Å². The summed E-state index contributed by atoms with van der Waals surface area (Å²) in [6.07, 6.45) is 6.41. The highest BCUT2D eigenvalue weighted by Crippen LogP contribution is 2.50. The molecule has 1 saturated heterocycles. The van der Waals surface area contributed by atoms with Crippen LogP contribution in [0.4, 0.5) is 5.82 Å². The van der Waals surface area contributed by atoms with Crippen molar-refractivity contribution in [3.8, 4) is 0 Å². The molecule has 2 N–H and O–H groups in total. The summed E-state index contributed by atoms with van der Waals surface area (Å²) >= 11 is 6.23. The highest BCUT2D eigenvalue weighted by molar-refractivity contribution is 6.30. The van der Waals surface area contributed by atoms with E-state index < -0.39 is 23.5 Å². The van der Waals surface area contributed by atoms with Crippen LogP contribution in [0.1, 0.15) is 64.5 Å². The molecule has 0 bridgehead atoms. The van der Waals surface area contributed by atoms with Gasteiger partial charge in [0, 0.05) is 23.1 Å². The first-order chi connectivity index (χ1) is 16.2. The van der Waals surface area contributed by atoms with Crippen molar-refractivity contribution in [1.29, 1.82) is 0 Å². The molecule has 7 heteroatoms. The fraction of sp³-hybridized carbons (Fsp3) is 0.519. The van der Waals surface area contributed by atoms with Crippen LogP contribution in [0.25, 0.3) is 0 Å². The van der Waals surface area contributed by atoms with Crippen molar-refractivity contribution in [1.82, 2.24) is 9.88 Å². The van der Waals surface area contributed by atoms with Crippen molar-refractivity contribution >= 4 is 29.3 Å². The van der Waals surface area contributed by atoms with Crippen molar-refractivity contribution in [2.75, 3.05) is 5.32 Å². The summed E-state index contributed by atoms with van der Waals surface area (Å²) in [5.41, 5.74) is 0.526. The first-order valence-electron chi connectivity index (χ1n) is 12.2. The molecule has 2 aliphatic rings. The van der Waals surface area contributed by atoms with E-state index >= 15 is 0 Å². The Morgan fingerprint density at radius 1 is 1.09 bits per heavy atom. The van der Waals surface area contributed by atoms with E-state index in [0.29, 0.717) is 10.8 Å². The number of rotatable bonds is 5. The lowest BCUT2D eigenvalue weighted by molar-refractivity contribution is -0.154. The number of nitrogens with one attached hydrogen (secondary N) is 1. The molecule has 4 rings (SSSR count). The van der Waals surface area contributed by atoms with Crippen LogP contribution in [0.5, 0.6) is 0 Å². The van der Waals surface area contributed by atoms with Crippen LogP contribution in [-0.4, -0.2) is 39.0 Å². The lowest BCUT2D eigenvalue weighted by Gasteiger charge is -2.36. The number of hydrogen-bond acceptors (Lipinski definition) is 4. The summed E-state index contributed by atoms with van der Waals surface area (Å²) in [6.45, 7) is 6.14. The Kier molecular flexibility index (Phi) is 7.17. The third-order valence-electron chi connectivity index (χ3n) is 7.31. The quantitative estimate of drug-likeness (QED) is 0.562. The molecule has 2 fully saturated rings. The number of nitrogens with zero attached hydrogens (tertiary/aromatic N) is 2. The van der Waals surface area contributed by atoms with Gasteiger partial charge < -0.3 is 15.3 Å². The van der Waals surface area contributed by atoms with Gasteiger partial charge in [0.2, 0.25) is 5.91 Å². The van der Waals surface area contributed by atoms with Gasteiger partial charge in [0.1, 0.15) is 11.9 Å². The maximum atomic E-state index is 14.0. The Labute approximate surface area is 206 Å². The molecular formula is C27H34ClN3O3. The maximum Gasteiger partial charge on any atom is 0.326 e. The molecule has 0 spiro atoms. The molecule has 6 nitrogen and oxygen atoms in total. The number of carbonyl (C=O) groups excluding carboxylic acids is 1. The number of halogens is 1. The molecule has 1 amide bonds. The molecule has 2 aromatic rings. The van der Waals surface area contributed by atoms with Crippen LogP contribution in [0.3, 0.4) is 0 Å². The minimum atomic E-state index is -0.964. The first kappa shape index (κ1) is 24.5. The van der Waals surface area contributed by atoms with E-state index in [9.17, 15) is 14.7 Å². The van der Waals surface area contributed by atoms with Crippen molar-refractivity contribution in [3.63, 3.8) is 0 Å². The van der Waals surface area contributed by atoms with Gasteiger partial charge in [0.25, 0.3) is 0 Å². The fourth-order valence-electron chi connectivity index (χ4n) is 5.87. The van der Waals surface area contributed by atoms with E-state index in [-0.39, 0.29) is 23.8 Å². The molecule has 1 aromatic carbocycles. The molecule has 4 atom stereocenters. The van der Waals surface area contributed by atoms with Crippen molar-refractivity contribution in [2.24, 2.45) is 17.3 Å². The van der Waals surface area contributed by atoms with Gasteiger partial charge in [0.15, 0.2) is 0 Å². The predicted octanol–water partition coefficient (Wildman–Crippen LogP) is 5.79. The van der Waals surface area contributed by atoms with Crippen molar-refractivity contribution in [2.45, 2.75) is 71.0 Å². The smallest absolute Gasteiger partial charge is 0.326 e. The number of pyridine rings is 1. The Bertz CT molecular complexity index is 1020. The second kappa shape index (κ2) is 9.95. The number of benzene rings is 1. The van der Waals surface area contributed by atoms with Gasteiger partial charge >= 0.3 is 5.97 Å². The molecule has 1 aliphatic heterocycles. The zero-order valence-electron chi connectivity index (χ0n) is 20.1. The van der Waals surface area contributed by atoms with E-state index in [4.69, 9.17) is 11.6 Å². The first-order valence-corrected chi connectivity index (χ1v) is 12.5. The standard InChI is InChI=1S/C27H34ClN3O3/c1-27(2,3)21-22(30-20-16-19(28)14-15-29-20)23(17-10-6-4-7-11-17)31(24(21)26(33)34)25(32)18-12-8-5-9-13-18/h4,6-7,10-11,14-16,18,21-24H,5,8-9,12-13H2,1-3H3,(H,29,30)(H,33,34)/t21-,22-,23-,24-/m1/s1. The molecule has 0 unspecified atom stereocenters. The van der Waals surface area contributed by atoms with E-state index in [1.165, 1.54) is 0 Å². The molecule has 1 saturated carbocycles. The average molecular weight is 484 g/mol. The third-order valence-corrected chi connectivity index (χ3v) is 7.54. The van der Waals surface area contributed by atoms with Crippen LogP contribution in [0.15, 0.2) is 48.7 Å². The summed E-state index contributed by atoms with van der Waals surface area (Å²) in [4.78, 5) is 33.0. The molecule has 1 aromatic heterocycles. The summed E-state index contributed by atoms with van der Waals surface area (Å²) < 4.78 is 0. The Balaban J connectivity index is 1.86. The van der Waals surface area contributed by atoms with E-state index in [1.807, 2.05) is 51.1 Å². The third kappa shape index (κ3) is 4.92. The number of aromatic nitrogens is 1. The Morgan fingerprint density at radius 3 is 2.35 bits per heavy atom. The number of anilines is 1. The molecule has 0 radical (unpaired) electrons. The van der Waals surface area contributed by atoms with Gasteiger partial charge in [0.05, 0.1) is 12.1 Å². The minimum absolute atomic E-state index is 0.0430. The lowest BCUT2D eigenvalue weighted by Crippen LogP contribution is -2.49. The van der Waals surface area contributed by atoms with Gasteiger partial charge in [-0.1, -0.05) is 82.0 Å². The van der Waals surface area contributed by atoms with E-state index in [0.717, 1.165) is 37.7 Å². The van der Waals surface area contributed by atoms with Gasteiger partial charge in [-0.2, -0.15) is 0 Å². The van der Waals surface area contributed by atoms with Gasteiger partial charge in [-0.25, -0.2) is 9.78 Å². The number of carbonyl (C=O) groups is 2. The van der Waals surface area contributed by atoms with Gasteiger partial charge in [-0.15, -0.1) is 0 Å². The predicted molar refractivity (Wildman–Crippen MR) is 134 cm³/mol. The topological polar surface area (TPSA) is 82.5 Å². The van der Waals surface area contributed by atoms with Gasteiger partial charge in [-0.05, 0) is 36.0 Å². The number of likely N-dealkylation sites (tertiary alicyclic amines) is 1. The minimum Gasteiger partial charge on any atom is -0.480 e. The summed E-state index contributed by atoms with van der Waals surface area (Å²) in [7, 11) is 0. The van der Waals surface area contributed by atoms with Crippen LogP contribution in [0, 0.1) is 17.3 Å². The Hall–Kier alpha value is -2.60. The molecular weight excluding hydrogens is 450 g/mol. The zero-order valence-corrected chi connectivity index (χ0v) is 20.8. The number of aliphatic carboxylic acids is 1. The number of amides is 1. The van der Waals surface area contributed by atoms with Crippen LogP contribution < -0.4 is 5.32 Å². The monoisotopic (exact) mass is 483 g/mol. The highest BCUT2D eigenvalue weighted by Gasteiger charge is 2.58. The SMILES string of the molecule is CC(C)(C)[C@@H]1[C@@H](Nc2cc(Cl)ccn2)[C@@H](c2ccccc2)N(C(=O)C2CCCCC2)[C@H]1C(=O)O. The second-order valence-corrected chi connectivity index (χ2v) is 11.1. The number of hydrogen-bond donors (Lipinski definition) is 2. The maximum absolute atomic E-state index is 14.0. The highest BCUT2D eigenvalue weighted by atomic mass is 35.5. The zero-order chi connectivity index (χ0) is 24.5. The summed E-state index contributed by atoms with van der Waals surface area (Å²) in [6, 6.07) is 11.5. The largest absolute Gasteiger partial charge is 0.480 e. The fourth-order valence-corrected chi connectivity index (χ4v) is 6.03. The van der Waals surface area contributed by atoms with E-state index in [1.54, 1.807) is 23.2 Å².